The minimum Gasteiger partial charge on any atom is -0.353 e. The summed E-state index contributed by atoms with van der Waals surface area (Å²) in [6, 6.07) is 0.336. The monoisotopic (exact) mass is 313 g/mol. The molecule has 0 saturated carbocycles. The molecule has 0 aromatic rings. The predicted molar refractivity (Wildman–Crippen MR) is 85.2 cm³/mol. The summed E-state index contributed by atoms with van der Waals surface area (Å²) in [6.07, 6.45) is 3.74. The van der Waals surface area contributed by atoms with E-state index in [0.29, 0.717) is 12.6 Å². The third-order valence-electron chi connectivity index (χ3n) is 4.28. The van der Waals surface area contributed by atoms with Gasteiger partial charge in [-0.15, -0.1) is 24.8 Å². The second kappa shape index (κ2) is 9.81. The van der Waals surface area contributed by atoms with Crippen molar-refractivity contribution in [2.24, 2.45) is 11.1 Å². The Labute approximate surface area is 129 Å². The summed E-state index contributed by atoms with van der Waals surface area (Å²) in [5.41, 5.74) is 5.43. The number of halogens is 2. The van der Waals surface area contributed by atoms with Gasteiger partial charge in [0, 0.05) is 12.6 Å². The van der Waals surface area contributed by atoms with Gasteiger partial charge >= 0.3 is 0 Å². The van der Waals surface area contributed by atoms with Crippen molar-refractivity contribution >= 4 is 30.7 Å². The molecule has 0 aromatic heterocycles. The van der Waals surface area contributed by atoms with Gasteiger partial charge < -0.3 is 16.0 Å². The molecule has 0 radical (unpaired) electrons. The largest absolute Gasteiger partial charge is 0.353 e. The lowest BCUT2D eigenvalue weighted by molar-refractivity contribution is -0.132. The fourth-order valence-corrected chi connectivity index (χ4v) is 2.44. The van der Waals surface area contributed by atoms with Crippen molar-refractivity contribution in [3.63, 3.8) is 0 Å². The van der Waals surface area contributed by atoms with Crippen molar-refractivity contribution < 1.29 is 4.79 Å². The summed E-state index contributed by atoms with van der Waals surface area (Å²) in [5.74, 6) is 0.152. The van der Waals surface area contributed by atoms with Gasteiger partial charge in [0.1, 0.15) is 0 Å². The maximum absolute atomic E-state index is 12.3. The second-order valence-corrected chi connectivity index (χ2v) is 5.24. The van der Waals surface area contributed by atoms with Crippen LogP contribution in [-0.4, -0.2) is 43.5 Å². The standard InChI is InChI=1S/C13H27N3O.2ClH/c1-4-13(5-2,10-14)12(17)15-11-6-8-16(3)9-7-11;;/h11H,4-10,14H2,1-3H3,(H,15,17);2*1H. The summed E-state index contributed by atoms with van der Waals surface area (Å²) in [5, 5.41) is 3.19. The number of piperidine rings is 1. The van der Waals surface area contributed by atoms with Crippen LogP contribution >= 0.6 is 24.8 Å². The molecule has 3 N–H and O–H groups in total. The summed E-state index contributed by atoms with van der Waals surface area (Å²) in [7, 11) is 2.13. The van der Waals surface area contributed by atoms with Crippen LogP contribution in [0.3, 0.4) is 0 Å². The van der Waals surface area contributed by atoms with Crippen LogP contribution in [0.15, 0.2) is 0 Å². The molecule has 0 aliphatic carbocycles. The van der Waals surface area contributed by atoms with Gasteiger partial charge in [0.05, 0.1) is 5.41 Å². The zero-order chi connectivity index (χ0) is 12.9. The number of carbonyl (C=O) groups excluding carboxylic acids is 1. The number of hydrogen-bond acceptors (Lipinski definition) is 3. The normalized spacial score (nSPS) is 17.3. The number of nitrogens with zero attached hydrogens (tertiary/aromatic N) is 1. The van der Waals surface area contributed by atoms with Crippen LogP contribution < -0.4 is 11.1 Å². The fourth-order valence-electron chi connectivity index (χ4n) is 2.44. The van der Waals surface area contributed by atoms with E-state index in [2.05, 4.69) is 17.3 Å². The molecule has 6 heteroatoms. The smallest absolute Gasteiger partial charge is 0.227 e. The zero-order valence-corrected chi connectivity index (χ0v) is 13.9. The van der Waals surface area contributed by atoms with E-state index >= 15 is 0 Å². The minimum atomic E-state index is -0.358. The van der Waals surface area contributed by atoms with Crippen molar-refractivity contribution in [3.8, 4) is 0 Å². The molecular formula is C13H29Cl2N3O. The van der Waals surface area contributed by atoms with E-state index in [1.807, 2.05) is 13.8 Å². The van der Waals surface area contributed by atoms with E-state index in [-0.39, 0.29) is 36.1 Å². The first-order valence-electron chi connectivity index (χ1n) is 6.77. The summed E-state index contributed by atoms with van der Waals surface area (Å²) in [6.45, 7) is 6.67. The molecule has 1 saturated heterocycles. The average Bonchev–Trinajstić information content (AvgIpc) is 2.35. The van der Waals surface area contributed by atoms with E-state index < -0.39 is 0 Å². The molecule has 1 amide bonds. The maximum atomic E-state index is 12.3. The second-order valence-electron chi connectivity index (χ2n) is 5.24. The Morgan fingerprint density at radius 1 is 1.26 bits per heavy atom. The van der Waals surface area contributed by atoms with Crippen LogP contribution in [0.4, 0.5) is 0 Å². The Balaban J connectivity index is 0. The Morgan fingerprint density at radius 2 is 1.74 bits per heavy atom. The van der Waals surface area contributed by atoms with Crippen LogP contribution in [0.1, 0.15) is 39.5 Å². The van der Waals surface area contributed by atoms with E-state index in [4.69, 9.17) is 5.73 Å². The SMILES string of the molecule is CCC(CC)(CN)C(=O)NC1CCN(C)CC1.Cl.Cl. The lowest BCUT2D eigenvalue weighted by Crippen LogP contribution is -2.51. The molecule has 1 fully saturated rings. The molecule has 0 aromatic carbocycles. The number of nitrogens with two attached hydrogens (primary N) is 1. The van der Waals surface area contributed by atoms with E-state index in [1.54, 1.807) is 0 Å². The molecule has 0 unspecified atom stereocenters. The van der Waals surface area contributed by atoms with Gasteiger partial charge in [-0.3, -0.25) is 4.79 Å². The van der Waals surface area contributed by atoms with Crippen LogP contribution in [0.2, 0.25) is 0 Å². The third kappa shape index (κ3) is 5.46. The molecule has 4 nitrogen and oxygen atoms in total. The van der Waals surface area contributed by atoms with E-state index in [1.165, 1.54) is 0 Å². The Kier molecular flexibility index (Phi) is 11.0. The van der Waals surface area contributed by atoms with Gasteiger partial charge in [-0.05, 0) is 45.8 Å². The molecule has 0 spiro atoms. The van der Waals surface area contributed by atoms with Crippen molar-refractivity contribution in [2.45, 2.75) is 45.6 Å². The molecule has 1 heterocycles. The highest BCUT2D eigenvalue weighted by atomic mass is 35.5. The van der Waals surface area contributed by atoms with Crippen LogP contribution in [0, 0.1) is 5.41 Å². The minimum absolute atomic E-state index is 0. The molecule has 0 atom stereocenters. The number of likely N-dealkylation sites (tertiary alicyclic amines) is 1. The first-order valence-corrected chi connectivity index (χ1v) is 6.77. The van der Waals surface area contributed by atoms with Crippen molar-refractivity contribution in [1.82, 2.24) is 10.2 Å². The lowest BCUT2D eigenvalue weighted by Gasteiger charge is -2.34. The number of hydrogen-bond donors (Lipinski definition) is 2. The van der Waals surface area contributed by atoms with Crippen LogP contribution in [-0.2, 0) is 4.79 Å². The van der Waals surface area contributed by atoms with Gasteiger partial charge in [0.25, 0.3) is 0 Å². The lowest BCUT2D eigenvalue weighted by atomic mass is 9.81. The molecule has 1 rings (SSSR count). The molecule has 0 bridgehead atoms. The van der Waals surface area contributed by atoms with Gasteiger partial charge in [-0.1, -0.05) is 13.8 Å². The summed E-state index contributed by atoms with van der Waals surface area (Å²) >= 11 is 0. The Hall–Kier alpha value is -0.0300. The Morgan fingerprint density at radius 3 is 2.11 bits per heavy atom. The number of rotatable bonds is 5. The zero-order valence-electron chi connectivity index (χ0n) is 12.3. The molecule has 116 valence electrons. The van der Waals surface area contributed by atoms with Crippen LogP contribution in [0.5, 0.6) is 0 Å². The first kappa shape index (κ1) is 21.3. The molecule has 19 heavy (non-hydrogen) atoms. The van der Waals surface area contributed by atoms with E-state index in [0.717, 1.165) is 38.8 Å². The van der Waals surface area contributed by atoms with Gasteiger partial charge in [0.15, 0.2) is 0 Å². The molecular weight excluding hydrogens is 285 g/mol. The highest BCUT2D eigenvalue weighted by Gasteiger charge is 2.34. The van der Waals surface area contributed by atoms with Crippen molar-refractivity contribution in [1.29, 1.82) is 0 Å². The highest BCUT2D eigenvalue weighted by molar-refractivity contribution is 5.85. The Bertz CT molecular complexity index is 244. The molecule has 1 aliphatic rings. The van der Waals surface area contributed by atoms with Gasteiger partial charge in [0.2, 0.25) is 5.91 Å². The quantitative estimate of drug-likeness (QED) is 0.813. The molecule has 1 aliphatic heterocycles. The summed E-state index contributed by atoms with van der Waals surface area (Å²) < 4.78 is 0. The van der Waals surface area contributed by atoms with Gasteiger partial charge in [-0.2, -0.15) is 0 Å². The van der Waals surface area contributed by atoms with Crippen molar-refractivity contribution in [3.05, 3.63) is 0 Å². The van der Waals surface area contributed by atoms with Gasteiger partial charge in [-0.25, -0.2) is 0 Å². The van der Waals surface area contributed by atoms with Crippen molar-refractivity contribution in [2.75, 3.05) is 26.7 Å². The predicted octanol–water partition coefficient (Wildman–Crippen LogP) is 1.81. The maximum Gasteiger partial charge on any atom is 0.227 e. The number of carbonyl (C=O) groups is 1. The summed E-state index contributed by atoms with van der Waals surface area (Å²) in [4.78, 5) is 14.6. The average molecular weight is 314 g/mol. The highest BCUT2D eigenvalue weighted by Crippen LogP contribution is 2.25. The fraction of sp³-hybridized carbons (Fsp3) is 0.923. The van der Waals surface area contributed by atoms with Crippen LogP contribution in [0.25, 0.3) is 0 Å². The topological polar surface area (TPSA) is 58.4 Å². The third-order valence-corrected chi connectivity index (χ3v) is 4.28. The van der Waals surface area contributed by atoms with E-state index in [9.17, 15) is 4.79 Å². The number of amides is 1. The number of nitrogens with one attached hydrogen (secondary N) is 1. The first-order chi connectivity index (χ1) is 8.07.